The Labute approximate surface area is 125 Å². The van der Waals surface area contributed by atoms with Crippen molar-refractivity contribution in [1.82, 2.24) is 0 Å². The van der Waals surface area contributed by atoms with Crippen LogP contribution in [0.5, 0.6) is 11.5 Å². The van der Waals surface area contributed by atoms with Crippen molar-refractivity contribution < 1.29 is 24.3 Å². The van der Waals surface area contributed by atoms with Crippen LogP contribution < -0.4 is 9.47 Å². The Kier molecular flexibility index (Phi) is 4.57. The van der Waals surface area contributed by atoms with Gasteiger partial charge in [0.05, 0.1) is 12.0 Å². The van der Waals surface area contributed by atoms with Crippen molar-refractivity contribution in [1.29, 1.82) is 0 Å². The summed E-state index contributed by atoms with van der Waals surface area (Å²) in [5, 5.41) is 18.8. The van der Waals surface area contributed by atoms with Crippen LogP contribution in [0.25, 0.3) is 0 Å². The first kappa shape index (κ1) is 15.3. The number of carbonyl (C=O) groups is 1. The maximum atomic E-state index is 10.4. The van der Waals surface area contributed by atoms with E-state index in [1.807, 2.05) is 18.2 Å². The summed E-state index contributed by atoms with van der Waals surface area (Å²) in [5.41, 5.74) is 0.499. The van der Waals surface area contributed by atoms with Gasteiger partial charge in [-0.1, -0.05) is 18.2 Å². The average molecular weight is 303 g/mol. The number of carboxylic acid groups (broad SMARTS) is 1. The standard InChI is InChI=1S/C8H8O2.C7H5NO4/c1-9-8-4-6-2-3-7(8)10-5-6;9-7(10)5-3-1-2-4-6(5)8(11)12/h2-4H,5H2,1H3;1-4H,(H,9,10). The van der Waals surface area contributed by atoms with E-state index < -0.39 is 10.9 Å². The van der Waals surface area contributed by atoms with Crippen LogP contribution in [-0.4, -0.2) is 23.1 Å². The predicted molar refractivity (Wildman–Crippen MR) is 77.4 cm³/mol. The smallest absolute Gasteiger partial charge is 0.342 e. The van der Waals surface area contributed by atoms with E-state index >= 15 is 0 Å². The largest absolute Gasteiger partial charge is 0.493 e. The van der Waals surface area contributed by atoms with Crippen molar-refractivity contribution in [3.63, 3.8) is 0 Å². The molecule has 0 amide bonds. The summed E-state index contributed by atoms with van der Waals surface area (Å²) in [6, 6.07) is 11.2. The lowest BCUT2D eigenvalue weighted by molar-refractivity contribution is -0.385. The van der Waals surface area contributed by atoms with Crippen molar-refractivity contribution in [2.24, 2.45) is 0 Å². The molecule has 4 rings (SSSR count). The van der Waals surface area contributed by atoms with Crippen LogP contribution in [-0.2, 0) is 6.61 Å². The van der Waals surface area contributed by atoms with Crippen molar-refractivity contribution in [2.45, 2.75) is 6.61 Å². The molecule has 0 saturated carbocycles. The normalized spacial score (nSPS) is 11.0. The summed E-state index contributed by atoms with van der Waals surface area (Å²) in [6.07, 6.45) is 0. The Bertz CT molecular complexity index is 680. The summed E-state index contributed by atoms with van der Waals surface area (Å²) in [7, 11) is 1.65. The number of nitro benzene ring substituents is 1. The number of methoxy groups -OCH3 is 1. The predicted octanol–water partition coefficient (Wildman–Crippen LogP) is 2.88. The highest BCUT2D eigenvalue weighted by molar-refractivity contribution is 5.92. The first-order valence-corrected chi connectivity index (χ1v) is 6.29. The molecule has 2 heterocycles. The van der Waals surface area contributed by atoms with E-state index in [0.717, 1.165) is 17.6 Å². The van der Waals surface area contributed by atoms with Crippen LogP contribution in [0.2, 0.25) is 0 Å². The van der Waals surface area contributed by atoms with Gasteiger partial charge < -0.3 is 14.6 Å². The molecule has 0 fully saturated rings. The highest BCUT2D eigenvalue weighted by atomic mass is 16.6. The molecule has 2 aliphatic rings. The number of fused-ring (bicyclic) bond motifs is 3. The van der Waals surface area contributed by atoms with Crippen LogP contribution >= 0.6 is 0 Å². The van der Waals surface area contributed by atoms with Gasteiger partial charge in [-0.15, -0.1) is 0 Å². The Hall–Kier alpha value is -3.09. The van der Waals surface area contributed by atoms with Gasteiger partial charge >= 0.3 is 5.97 Å². The Balaban J connectivity index is 0.000000162. The quantitative estimate of drug-likeness (QED) is 0.691. The fourth-order valence-corrected chi connectivity index (χ4v) is 1.90. The van der Waals surface area contributed by atoms with Crippen molar-refractivity contribution >= 4 is 11.7 Å². The second-order valence-corrected chi connectivity index (χ2v) is 4.35. The van der Waals surface area contributed by atoms with Gasteiger partial charge in [0.1, 0.15) is 12.2 Å². The maximum Gasteiger partial charge on any atom is 0.342 e. The fraction of sp³-hybridized carbons (Fsp3) is 0.133. The highest BCUT2D eigenvalue weighted by Gasteiger charge is 2.17. The number of ether oxygens (including phenoxy) is 2. The third-order valence-corrected chi connectivity index (χ3v) is 2.95. The molecule has 2 bridgehead atoms. The second-order valence-electron chi connectivity index (χ2n) is 4.35. The zero-order valence-electron chi connectivity index (χ0n) is 11.7. The topological polar surface area (TPSA) is 98.9 Å². The van der Waals surface area contributed by atoms with Gasteiger partial charge in [-0.2, -0.15) is 0 Å². The van der Waals surface area contributed by atoms with Gasteiger partial charge in [0, 0.05) is 6.07 Å². The van der Waals surface area contributed by atoms with E-state index in [0.29, 0.717) is 6.61 Å². The van der Waals surface area contributed by atoms with E-state index in [-0.39, 0.29) is 11.3 Å². The molecule has 114 valence electrons. The summed E-state index contributed by atoms with van der Waals surface area (Å²) >= 11 is 0. The molecule has 0 unspecified atom stereocenters. The van der Waals surface area contributed by atoms with Crippen molar-refractivity contribution in [2.75, 3.05) is 7.11 Å². The van der Waals surface area contributed by atoms with E-state index in [4.69, 9.17) is 14.6 Å². The van der Waals surface area contributed by atoms with Crippen LogP contribution in [0.4, 0.5) is 5.69 Å². The molecule has 22 heavy (non-hydrogen) atoms. The summed E-state index contributed by atoms with van der Waals surface area (Å²) < 4.78 is 10.3. The zero-order valence-corrected chi connectivity index (χ0v) is 11.7. The lowest BCUT2D eigenvalue weighted by Crippen LogP contribution is -2.03. The molecule has 0 aliphatic carbocycles. The molecule has 0 saturated heterocycles. The summed E-state index contributed by atoms with van der Waals surface area (Å²) in [4.78, 5) is 20.0. The Morgan fingerprint density at radius 1 is 1.32 bits per heavy atom. The molecule has 7 nitrogen and oxygen atoms in total. The number of rotatable bonds is 3. The SMILES string of the molecule is COc1cc2ccc1OC2.O=C(O)c1ccccc1[N+](=O)[O-]. The number of aromatic carboxylic acids is 1. The Morgan fingerprint density at radius 2 is 2.05 bits per heavy atom. The van der Waals surface area contributed by atoms with Crippen LogP contribution in [0.1, 0.15) is 15.9 Å². The van der Waals surface area contributed by atoms with Crippen LogP contribution in [0, 0.1) is 10.1 Å². The lowest BCUT2D eigenvalue weighted by Gasteiger charge is -2.17. The van der Waals surface area contributed by atoms with Gasteiger partial charge in [-0.25, -0.2) is 4.79 Å². The lowest BCUT2D eigenvalue weighted by atomic mass is 10.2. The number of para-hydroxylation sites is 1. The molecule has 0 aromatic heterocycles. The first-order chi connectivity index (χ1) is 10.5. The van der Waals surface area contributed by atoms with Gasteiger partial charge in [0.15, 0.2) is 11.5 Å². The third-order valence-electron chi connectivity index (χ3n) is 2.95. The third kappa shape index (κ3) is 3.32. The number of nitro groups is 1. The Morgan fingerprint density at radius 3 is 2.41 bits per heavy atom. The second kappa shape index (κ2) is 6.57. The van der Waals surface area contributed by atoms with Crippen molar-refractivity contribution in [3.05, 3.63) is 63.7 Å². The van der Waals surface area contributed by atoms with E-state index in [1.165, 1.54) is 23.8 Å². The molecule has 2 aromatic carbocycles. The summed E-state index contributed by atoms with van der Waals surface area (Å²) in [5.74, 6) is 0.392. The monoisotopic (exact) mass is 303 g/mol. The van der Waals surface area contributed by atoms with E-state index in [1.54, 1.807) is 7.11 Å². The van der Waals surface area contributed by atoms with E-state index in [2.05, 4.69) is 0 Å². The molecule has 1 N–H and O–H groups in total. The number of carboxylic acids is 1. The summed E-state index contributed by atoms with van der Waals surface area (Å²) in [6.45, 7) is 0.693. The van der Waals surface area contributed by atoms with E-state index in [9.17, 15) is 14.9 Å². The molecular formula is C15H13NO6. The number of nitrogens with zero attached hydrogens (tertiary/aromatic N) is 1. The van der Waals surface area contributed by atoms with Gasteiger partial charge in [0.25, 0.3) is 5.69 Å². The molecule has 2 aliphatic heterocycles. The van der Waals surface area contributed by atoms with Gasteiger partial charge in [-0.3, -0.25) is 10.1 Å². The molecule has 7 heteroatoms. The van der Waals surface area contributed by atoms with Crippen LogP contribution in [0.3, 0.4) is 0 Å². The minimum absolute atomic E-state index is 0.289. The number of hydrogen-bond donors (Lipinski definition) is 1. The number of benzene rings is 2. The average Bonchev–Trinajstić information content (AvgIpc) is 2.56. The van der Waals surface area contributed by atoms with Gasteiger partial charge in [-0.05, 0) is 23.8 Å². The molecule has 0 radical (unpaired) electrons. The highest BCUT2D eigenvalue weighted by Crippen LogP contribution is 2.32. The molecule has 2 aromatic rings. The first-order valence-electron chi connectivity index (χ1n) is 6.29. The van der Waals surface area contributed by atoms with Crippen molar-refractivity contribution in [3.8, 4) is 11.5 Å². The molecular weight excluding hydrogens is 290 g/mol. The molecule has 0 atom stereocenters. The fourth-order valence-electron chi connectivity index (χ4n) is 1.90. The zero-order chi connectivity index (χ0) is 16.1. The number of hydrogen-bond acceptors (Lipinski definition) is 5. The minimum atomic E-state index is -1.29. The molecule has 0 spiro atoms. The van der Waals surface area contributed by atoms with Gasteiger partial charge in [0.2, 0.25) is 0 Å². The van der Waals surface area contributed by atoms with Crippen LogP contribution in [0.15, 0.2) is 42.5 Å². The maximum absolute atomic E-state index is 10.4. The minimum Gasteiger partial charge on any atom is -0.493 e.